The molecule has 2 nitrogen and oxygen atoms in total. The van der Waals surface area contributed by atoms with Gasteiger partial charge in [0.2, 0.25) is 0 Å². The Balaban J connectivity index is 2.26. The van der Waals surface area contributed by atoms with Crippen LogP contribution < -0.4 is 0 Å². The molecule has 0 saturated carbocycles. The number of aryl methyl sites for hydroxylation is 1. The van der Waals surface area contributed by atoms with Crippen molar-refractivity contribution in [2.45, 2.75) is 38.4 Å². The second kappa shape index (κ2) is 3.96. The fraction of sp³-hybridized carbons (Fsp3) is 0.545. The van der Waals surface area contributed by atoms with Gasteiger partial charge in [-0.3, -0.25) is 4.79 Å². The highest BCUT2D eigenvalue weighted by molar-refractivity contribution is 5.97. The van der Waals surface area contributed by atoms with E-state index >= 15 is 0 Å². The van der Waals surface area contributed by atoms with Crippen molar-refractivity contribution in [1.82, 2.24) is 4.57 Å². The van der Waals surface area contributed by atoms with Gasteiger partial charge in [-0.1, -0.05) is 0 Å². The van der Waals surface area contributed by atoms with Gasteiger partial charge < -0.3 is 4.57 Å². The minimum absolute atomic E-state index is 0.0339. The minimum atomic E-state index is -4.24. The summed E-state index contributed by atoms with van der Waals surface area (Å²) in [6.07, 6.45) is 1.39. The topological polar surface area (TPSA) is 22.0 Å². The lowest BCUT2D eigenvalue weighted by atomic mass is 10.1. The van der Waals surface area contributed by atoms with E-state index in [4.69, 9.17) is 0 Å². The Labute approximate surface area is 91.1 Å². The van der Waals surface area contributed by atoms with Crippen molar-refractivity contribution >= 4 is 5.78 Å². The zero-order chi connectivity index (χ0) is 11.8. The summed E-state index contributed by atoms with van der Waals surface area (Å²) in [6.45, 7) is -1.02. The lowest BCUT2D eigenvalue weighted by molar-refractivity contribution is -0.140. The Kier molecular flexibility index (Phi) is 2.78. The van der Waals surface area contributed by atoms with Crippen LogP contribution in [0.15, 0.2) is 12.4 Å². The number of aromatic nitrogens is 1. The molecule has 0 unspecified atom stereocenters. The normalized spacial score (nSPS) is 17.1. The molecule has 1 aliphatic rings. The molecule has 0 spiro atoms. The monoisotopic (exact) mass is 231 g/mol. The number of fused-ring (bicyclic) bond motifs is 1. The summed E-state index contributed by atoms with van der Waals surface area (Å²) < 4.78 is 37.6. The summed E-state index contributed by atoms with van der Waals surface area (Å²) in [6, 6.07) is 0. The molecule has 0 aromatic carbocycles. The highest BCUT2D eigenvalue weighted by Gasteiger charge is 2.29. The quantitative estimate of drug-likeness (QED) is 0.681. The van der Waals surface area contributed by atoms with E-state index in [2.05, 4.69) is 0 Å². The van der Waals surface area contributed by atoms with Crippen LogP contribution in [0, 0.1) is 0 Å². The van der Waals surface area contributed by atoms with E-state index in [9.17, 15) is 18.0 Å². The summed E-state index contributed by atoms with van der Waals surface area (Å²) in [7, 11) is 0. The molecule has 5 heteroatoms. The van der Waals surface area contributed by atoms with E-state index in [0.717, 1.165) is 23.0 Å². The van der Waals surface area contributed by atoms with Crippen LogP contribution in [0.1, 0.15) is 35.2 Å². The Bertz CT molecular complexity index is 406. The molecular formula is C11H12F3NO. The van der Waals surface area contributed by atoms with Crippen LogP contribution in [0.4, 0.5) is 13.2 Å². The molecule has 1 aliphatic carbocycles. The van der Waals surface area contributed by atoms with Crippen LogP contribution in [-0.4, -0.2) is 16.5 Å². The summed E-state index contributed by atoms with van der Waals surface area (Å²) in [5.41, 5.74) is 1.23. The van der Waals surface area contributed by atoms with E-state index in [-0.39, 0.29) is 5.78 Å². The van der Waals surface area contributed by atoms with Gasteiger partial charge in [-0.25, -0.2) is 0 Å². The smallest absolute Gasteiger partial charge is 0.344 e. The number of halogens is 3. The van der Waals surface area contributed by atoms with Crippen molar-refractivity contribution in [3.63, 3.8) is 0 Å². The number of rotatable bonds is 1. The predicted molar refractivity (Wildman–Crippen MR) is 52.4 cm³/mol. The predicted octanol–water partition coefficient (Wildman–Crippen LogP) is 2.96. The molecule has 16 heavy (non-hydrogen) atoms. The maximum atomic E-state index is 12.2. The molecule has 2 rings (SSSR count). The SMILES string of the molecule is O=C1CCCCc2cn(CC(F)(F)F)cc21. The first-order chi connectivity index (χ1) is 7.46. The Morgan fingerprint density at radius 3 is 2.56 bits per heavy atom. The van der Waals surface area contributed by atoms with Gasteiger partial charge in [0.15, 0.2) is 5.78 Å². The fourth-order valence-electron chi connectivity index (χ4n) is 2.04. The van der Waals surface area contributed by atoms with E-state index in [1.165, 1.54) is 12.4 Å². The lowest BCUT2D eigenvalue weighted by Crippen LogP contribution is -2.16. The van der Waals surface area contributed by atoms with Crippen LogP contribution in [0.5, 0.6) is 0 Å². The standard InChI is InChI=1S/C11H12F3NO/c12-11(13,14)7-15-5-8-3-1-2-4-10(16)9(8)6-15/h5-6H,1-4,7H2. The largest absolute Gasteiger partial charge is 0.406 e. The van der Waals surface area contributed by atoms with Crippen LogP contribution in [0.2, 0.25) is 0 Å². The molecule has 0 aliphatic heterocycles. The molecule has 0 N–H and O–H groups in total. The molecule has 0 saturated heterocycles. The lowest BCUT2D eigenvalue weighted by Gasteiger charge is -2.06. The molecule has 0 bridgehead atoms. The molecular weight excluding hydrogens is 219 g/mol. The first-order valence-electron chi connectivity index (χ1n) is 5.24. The third-order valence-corrected chi connectivity index (χ3v) is 2.72. The van der Waals surface area contributed by atoms with Gasteiger partial charge in [0.05, 0.1) is 0 Å². The van der Waals surface area contributed by atoms with Crippen molar-refractivity contribution in [1.29, 1.82) is 0 Å². The zero-order valence-corrected chi connectivity index (χ0v) is 8.68. The van der Waals surface area contributed by atoms with Crippen LogP contribution >= 0.6 is 0 Å². The summed E-state index contributed by atoms with van der Waals surface area (Å²) in [4.78, 5) is 11.6. The highest BCUT2D eigenvalue weighted by atomic mass is 19.4. The van der Waals surface area contributed by atoms with Crippen molar-refractivity contribution < 1.29 is 18.0 Å². The maximum Gasteiger partial charge on any atom is 0.406 e. The van der Waals surface area contributed by atoms with Crippen molar-refractivity contribution in [2.24, 2.45) is 0 Å². The van der Waals surface area contributed by atoms with Crippen molar-refractivity contribution in [3.8, 4) is 0 Å². The zero-order valence-electron chi connectivity index (χ0n) is 8.68. The number of hydrogen-bond donors (Lipinski definition) is 0. The van der Waals surface area contributed by atoms with Gasteiger partial charge in [-0.2, -0.15) is 13.2 Å². The number of nitrogens with zero attached hydrogens (tertiary/aromatic N) is 1. The first-order valence-corrected chi connectivity index (χ1v) is 5.24. The van der Waals surface area contributed by atoms with Gasteiger partial charge in [0.1, 0.15) is 6.54 Å². The van der Waals surface area contributed by atoms with Gasteiger partial charge in [0, 0.05) is 24.4 Å². The third kappa shape index (κ3) is 2.46. The van der Waals surface area contributed by atoms with E-state index in [1.807, 2.05) is 0 Å². The second-order valence-electron chi connectivity index (χ2n) is 4.11. The second-order valence-corrected chi connectivity index (χ2v) is 4.11. The summed E-state index contributed by atoms with van der Waals surface area (Å²) in [5, 5.41) is 0. The number of hydrogen-bond acceptors (Lipinski definition) is 1. The number of Topliss-reactive ketones (excluding diaryl/α,β-unsaturated/α-hetero) is 1. The molecule has 0 fully saturated rings. The third-order valence-electron chi connectivity index (χ3n) is 2.72. The molecule has 1 heterocycles. The molecule has 88 valence electrons. The van der Waals surface area contributed by atoms with Crippen LogP contribution in [-0.2, 0) is 13.0 Å². The fourth-order valence-corrected chi connectivity index (χ4v) is 2.04. The number of ketones is 1. The van der Waals surface area contributed by atoms with Crippen LogP contribution in [0.3, 0.4) is 0 Å². The average Bonchev–Trinajstić information content (AvgIpc) is 2.45. The summed E-state index contributed by atoms with van der Waals surface area (Å²) in [5.74, 6) is -0.0339. The summed E-state index contributed by atoms with van der Waals surface area (Å²) >= 11 is 0. The van der Waals surface area contributed by atoms with Crippen molar-refractivity contribution in [2.75, 3.05) is 0 Å². The molecule has 0 radical (unpaired) electrons. The van der Waals surface area contributed by atoms with Gasteiger partial charge in [0.25, 0.3) is 0 Å². The first kappa shape index (κ1) is 11.2. The van der Waals surface area contributed by atoms with E-state index in [1.54, 1.807) is 0 Å². The maximum absolute atomic E-state index is 12.2. The van der Waals surface area contributed by atoms with E-state index < -0.39 is 12.7 Å². The number of carbonyl (C=O) groups excluding carboxylic acids is 1. The van der Waals surface area contributed by atoms with Crippen molar-refractivity contribution in [3.05, 3.63) is 23.5 Å². The highest BCUT2D eigenvalue weighted by Crippen LogP contribution is 2.24. The Hall–Kier alpha value is -1.26. The minimum Gasteiger partial charge on any atom is -0.344 e. The van der Waals surface area contributed by atoms with Crippen LogP contribution in [0.25, 0.3) is 0 Å². The number of carbonyl (C=O) groups is 1. The van der Waals surface area contributed by atoms with Gasteiger partial charge >= 0.3 is 6.18 Å². The van der Waals surface area contributed by atoms with E-state index in [0.29, 0.717) is 18.4 Å². The Morgan fingerprint density at radius 2 is 1.88 bits per heavy atom. The van der Waals surface area contributed by atoms with Gasteiger partial charge in [-0.05, 0) is 24.8 Å². The molecule has 0 atom stereocenters. The Morgan fingerprint density at radius 1 is 1.19 bits per heavy atom. The number of alkyl halides is 3. The average molecular weight is 231 g/mol. The molecule has 1 aromatic rings. The van der Waals surface area contributed by atoms with Gasteiger partial charge in [-0.15, -0.1) is 0 Å². The molecule has 1 aromatic heterocycles. The molecule has 0 amide bonds.